The summed E-state index contributed by atoms with van der Waals surface area (Å²) < 4.78 is 28.0. The zero-order valence-electron chi connectivity index (χ0n) is 12.9. The molecule has 0 bridgehead atoms. The number of rotatable bonds is 2. The Hall–Kier alpha value is -2.11. The number of fused-ring (bicyclic) bond motifs is 3. The lowest BCUT2D eigenvalue weighted by Gasteiger charge is -2.24. The number of nitrogens with zero attached hydrogens (tertiary/aromatic N) is 2. The van der Waals surface area contributed by atoms with Gasteiger partial charge >= 0.3 is 0 Å². The van der Waals surface area contributed by atoms with Crippen LogP contribution >= 0.6 is 0 Å². The van der Waals surface area contributed by atoms with E-state index >= 15 is 0 Å². The van der Waals surface area contributed by atoms with E-state index in [1.807, 2.05) is 30.3 Å². The second-order valence-corrected chi connectivity index (χ2v) is 7.80. The van der Waals surface area contributed by atoms with Crippen LogP contribution in [0.5, 0.6) is 0 Å². The summed E-state index contributed by atoms with van der Waals surface area (Å²) in [6, 6.07) is 16.5. The molecule has 23 heavy (non-hydrogen) atoms. The van der Waals surface area contributed by atoms with E-state index in [9.17, 15) is 8.42 Å². The number of likely N-dealkylation sites (N-methyl/N-ethyl adjacent to an activating group) is 1. The summed E-state index contributed by atoms with van der Waals surface area (Å²) in [4.78, 5) is 2.57. The number of hydrogen-bond acceptors (Lipinski definition) is 3. The van der Waals surface area contributed by atoms with Crippen LogP contribution in [0.3, 0.4) is 0 Å². The van der Waals surface area contributed by atoms with Gasteiger partial charge in [-0.2, -0.15) is 0 Å². The average molecular weight is 326 g/mol. The van der Waals surface area contributed by atoms with Crippen molar-refractivity contribution in [2.75, 3.05) is 13.6 Å². The lowest BCUT2D eigenvalue weighted by Crippen LogP contribution is -2.28. The fourth-order valence-corrected chi connectivity index (χ4v) is 5.00. The summed E-state index contributed by atoms with van der Waals surface area (Å²) in [5, 5.41) is 1.04. The van der Waals surface area contributed by atoms with Gasteiger partial charge in [-0.3, -0.25) is 0 Å². The van der Waals surface area contributed by atoms with Crippen molar-refractivity contribution in [3.63, 3.8) is 0 Å². The van der Waals surface area contributed by atoms with Crippen molar-refractivity contribution >= 4 is 20.9 Å². The topological polar surface area (TPSA) is 42.3 Å². The second kappa shape index (κ2) is 5.22. The van der Waals surface area contributed by atoms with E-state index in [0.29, 0.717) is 4.90 Å². The van der Waals surface area contributed by atoms with Crippen LogP contribution in [0.2, 0.25) is 0 Å². The minimum absolute atomic E-state index is 0.336. The predicted octanol–water partition coefficient (Wildman–Crippen LogP) is 2.87. The molecule has 0 fully saturated rings. The molecule has 0 spiro atoms. The standard InChI is InChI=1S/C18H18N2O2S/c1-19-12-11-18-16(13-19)15-9-5-6-10-17(15)20(18)23(21,22)14-7-3-2-4-8-14/h2-10H,11-13H2,1H3. The molecule has 2 heterocycles. The molecule has 2 aromatic carbocycles. The molecule has 0 atom stereocenters. The fourth-order valence-electron chi connectivity index (χ4n) is 3.38. The maximum absolute atomic E-state index is 13.2. The molecule has 4 nitrogen and oxygen atoms in total. The van der Waals surface area contributed by atoms with Gasteiger partial charge in [0.05, 0.1) is 10.4 Å². The summed E-state index contributed by atoms with van der Waals surface area (Å²) in [5.74, 6) is 0. The fraction of sp³-hybridized carbons (Fsp3) is 0.222. The Morgan fingerprint density at radius 1 is 0.957 bits per heavy atom. The maximum Gasteiger partial charge on any atom is 0.268 e. The zero-order valence-corrected chi connectivity index (χ0v) is 13.8. The van der Waals surface area contributed by atoms with E-state index in [2.05, 4.69) is 11.9 Å². The summed E-state index contributed by atoms with van der Waals surface area (Å²) in [5.41, 5.74) is 2.83. The number of para-hydroxylation sites is 1. The quantitative estimate of drug-likeness (QED) is 0.727. The molecule has 1 aliphatic heterocycles. The minimum atomic E-state index is -3.58. The van der Waals surface area contributed by atoms with Crippen LogP contribution in [0, 0.1) is 0 Å². The molecule has 4 rings (SSSR count). The Bertz CT molecular complexity index is 975. The van der Waals surface area contributed by atoms with Crippen molar-refractivity contribution in [3.8, 4) is 0 Å². The third-order valence-corrected chi connectivity index (χ3v) is 6.25. The van der Waals surface area contributed by atoms with E-state index in [0.717, 1.165) is 41.7 Å². The second-order valence-electron chi connectivity index (χ2n) is 6.01. The van der Waals surface area contributed by atoms with Crippen LogP contribution in [-0.4, -0.2) is 30.9 Å². The third kappa shape index (κ3) is 2.19. The van der Waals surface area contributed by atoms with E-state index < -0.39 is 10.0 Å². The van der Waals surface area contributed by atoms with E-state index in [1.165, 1.54) is 0 Å². The predicted molar refractivity (Wildman–Crippen MR) is 91.0 cm³/mol. The molecule has 0 radical (unpaired) electrons. The first-order valence-electron chi connectivity index (χ1n) is 7.69. The molecular weight excluding hydrogens is 308 g/mol. The summed E-state index contributed by atoms with van der Waals surface area (Å²) in [6.07, 6.45) is 0.743. The van der Waals surface area contributed by atoms with E-state index in [4.69, 9.17) is 0 Å². The molecule has 118 valence electrons. The van der Waals surface area contributed by atoms with Crippen molar-refractivity contribution < 1.29 is 8.42 Å². The first-order chi connectivity index (χ1) is 11.1. The number of hydrogen-bond donors (Lipinski definition) is 0. The summed E-state index contributed by atoms with van der Waals surface area (Å²) in [7, 11) is -1.51. The molecule has 0 N–H and O–H groups in total. The highest BCUT2D eigenvalue weighted by Crippen LogP contribution is 2.33. The van der Waals surface area contributed by atoms with Crippen LogP contribution in [0.4, 0.5) is 0 Å². The van der Waals surface area contributed by atoms with Crippen molar-refractivity contribution in [2.45, 2.75) is 17.9 Å². The molecule has 0 saturated heterocycles. The van der Waals surface area contributed by atoms with Crippen LogP contribution < -0.4 is 0 Å². The van der Waals surface area contributed by atoms with Gasteiger partial charge in [0.2, 0.25) is 0 Å². The monoisotopic (exact) mass is 326 g/mol. The van der Waals surface area contributed by atoms with Crippen molar-refractivity contribution in [1.29, 1.82) is 0 Å². The van der Waals surface area contributed by atoms with Crippen molar-refractivity contribution in [3.05, 3.63) is 65.9 Å². The molecule has 0 unspecified atom stereocenters. The van der Waals surface area contributed by atoms with Gasteiger partial charge in [-0.25, -0.2) is 12.4 Å². The van der Waals surface area contributed by atoms with Gasteiger partial charge in [0, 0.05) is 30.6 Å². The van der Waals surface area contributed by atoms with Gasteiger partial charge in [-0.05, 0) is 30.8 Å². The zero-order chi connectivity index (χ0) is 16.0. The molecule has 0 saturated carbocycles. The lowest BCUT2D eigenvalue weighted by atomic mass is 10.1. The van der Waals surface area contributed by atoms with Crippen molar-refractivity contribution in [1.82, 2.24) is 8.87 Å². The van der Waals surface area contributed by atoms with Gasteiger partial charge < -0.3 is 4.90 Å². The molecule has 0 amide bonds. The number of aromatic nitrogens is 1. The largest absolute Gasteiger partial charge is 0.302 e. The first-order valence-corrected chi connectivity index (χ1v) is 9.13. The van der Waals surface area contributed by atoms with Crippen LogP contribution in [0.15, 0.2) is 59.5 Å². The SMILES string of the molecule is CN1CCc2c(c3ccccc3n2S(=O)(=O)c2ccccc2)C1. The van der Waals surface area contributed by atoms with Gasteiger partial charge in [0.15, 0.2) is 0 Å². The van der Waals surface area contributed by atoms with Crippen LogP contribution in [0.1, 0.15) is 11.3 Å². The summed E-state index contributed by atoms with van der Waals surface area (Å²) in [6.45, 7) is 1.65. The van der Waals surface area contributed by atoms with Crippen molar-refractivity contribution in [2.24, 2.45) is 0 Å². The van der Waals surface area contributed by atoms with Crippen LogP contribution in [-0.2, 0) is 23.0 Å². The third-order valence-electron chi connectivity index (χ3n) is 4.48. The Balaban J connectivity index is 2.05. The molecule has 3 aromatic rings. The molecular formula is C18H18N2O2S. The highest BCUT2D eigenvalue weighted by atomic mass is 32.2. The molecule has 5 heteroatoms. The van der Waals surface area contributed by atoms with Gasteiger partial charge in [-0.15, -0.1) is 0 Å². The maximum atomic E-state index is 13.2. The van der Waals surface area contributed by atoms with Gasteiger partial charge in [-0.1, -0.05) is 36.4 Å². The summed E-state index contributed by atoms with van der Waals surface area (Å²) >= 11 is 0. The molecule has 1 aliphatic rings. The normalized spacial score (nSPS) is 15.7. The Kier molecular flexibility index (Phi) is 3.28. The first kappa shape index (κ1) is 14.5. The Morgan fingerprint density at radius 2 is 1.65 bits per heavy atom. The molecule has 1 aromatic heterocycles. The van der Waals surface area contributed by atoms with Crippen LogP contribution in [0.25, 0.3) is 10.9 Å². The van der Waals surface area contributed by atoms with E-state index in [1.54, 1.807) is 28.2 Å². The van der Waals surface area contributed by atoms with E-state index in [-0.39, 0.29) is 0 Å². The minimum Gasteiger partial charge on any atom is -0.302 e. The molecule has 0 aliphatic carbocycles. The number of benzene rings is 2. The lowest BCUT2D eigenvalue weighted by molar-refractivity contribution is 0.312. The highest BCUT2D eigenvalue weighted by Gasteiger charge is 2.28. The van der Waals surface area contributed by atoms with Gasteiger partial charge in [0.1, 0.15) is 0 Å². The smallest absolute Gasteiger partial charge is 0.268 e. The Labute approximate surface area is 136 Å². The van der Waals surface area contributed by atoms with Gasteiger partial charge in [0.25, 0.3) is 10.0 Å². The average Bonchev–Trinajstić information content (AvgIpc) is 2.90. The highest BCUT2D eigenvalue weighted by molar-refractivity contribution is 7.90. The Morgan fingerprint density at radius 3 is 2.43 bits per heavy atom.